The summed E-state index contributed by atoms with van der Waals surface area (Å²) in [6.07, 6.45) is 9.38. The number of carbonyl (C=O) groups excluding carboxylic acids is 1. The molecule has 0 N–H and O–H groups in total. The number of fused-ring (bicyclic) bond motifs is 1. The van der Waals surface area contributed by atoms with Crippen molar-refractivity contribution in [2.45, 2.75) is 90.8 Å². The van der Waals surface area contributed by atoms with Crippen LogP contribution in [0.4, 0.5) is 0 Å². The van der Waals surface area contributed by atoms with Crippen LogP contribution < -0.4 is 4.74 Å². The highest BCUT2D eigenvalue weighted by atomic mass is 16.5. The van der Waals surface area contributed by atoms with Crippen molar-refractivity contribution in [1.29, 1.82) is 0 Å². The SMILES string of the molecule is COC(=O)CCN(Cc1ccc2cc(OC3CCC(C(C)(C)C)CC3)ccc2c1)C1CCC1. The zero-order chi connectivity index (χ0) is 23.4. The molecular formula is C29H41NO3. The van der Waals surface area contributed by atoms with Gasteiger partial charge in [-0.05, 0) is 84.4 Å². The second-order valence-corrected chi connectivity index (χ2v) is 11.2. The van der Waals surface area contributed by atoms with Gasteiger partial charge in [0.05, 0.1) is 19.6 Å². The maximum absolute atomic E-state index is 11.6. The normalized spacial score (nSPS) is 21.7. The Balaban J connectivity index is 1.37. The first-order valence-electron chi connectivity index (χ1n) is 12.8. The number of esters is 1. The molecule has 2 aromatic rings. The molecule has 0 saturated heterocycles. The van der Waals surface area contributed by atoms with Crippen LogP contribution in [0.5, 0.6) is 5.75 Å². The van der Waals surface area contributed by atoms with Crippen molar-refractivity contribution in [3.63, 3.8) is 0 Å². The molecule has 2 aromatic carbocycles. The fraction of sp³-hybridized carbons (Fsp3) is 0.621. The van der Waals surface area contributed by atoms with Crippen molar-refractivity contribution in [3.8, 4) is 5.75 Å². The third kappa shape index (κ3) is 6.29. The summed E-state index contributed by atoms with van der Waals surface area (Å²) in [7, 11) is 1.47. The van der Waals surface area contributed by atoms with Crippen molar-refractivity contribution in [2.24, 2.45) is 11.3 Å². The van der Waals surface area contributed by atoms with Gasteiger partial charge in [-0.25, -0.2) is 0 Å². The molecule has 0 amide bonds. The molecule has 0 spiro atoms. The lowest BCUT2D eigenvalue weighted by atomic mass is 9.72. The smallest absolute Gasteiger partial charge is 0.306 e. The molecule has 0 aliphatic heterocycles. The molecule has 0 atom stereocenters. The molecule has 4 nitrogen and oxygen atoms in total. The molecule has 0 radical (unpaired) electrons. The van der Waals surface area contributed by atoms with Crippen LogP contribution in [0.1, 0.15) is 77.7 Å². The topological polar surface area (TPSA) is 38.8 Å². The molecule has 0 heterocycles. The van der Waals surface area contributed by atoms with Gasteiger partial charge in [0.25, 0.3) is 0 Å². The van der Waals surface area contributed by atoms with E-state index in [0.29, 0.717) is 24.0 Å². The molecule has 33 heavy (non-hydrogen) atoms. The first-order valence-corrected chi connectivity index (χ1v) is 12.8. The van der Waals surface area contributed by atoms with Gasteiger partial charge < -0.3 is 9.47 Å². The lowest BCUT2D eigenvalue weighted by molar-refractivity contribution is -0.141. The van der Waals surface area contributed by atoms with E-state index in [-0.39, 0.29) is 5.97 Å². The molecule has 2 aliphatic rings. The minimum Gasteiger partial charge on any atom is -0.490 e. The molecule has 2 saturated carbocycles. The summed E-state index contributed by atoms with van der Waals surface area (Å²) >= 11 is 0. The minimum absolute atomic E-state index is 0.128. The van der Waals surface area contributed by atoms with Crippen molar-refractivity contribution in [1.82, 2.24) is 4.90 Å². The lowest BCUT2D eigenvalue weighted by Gasteiger charge is -2.37. The van der Waals surface area contributed by atoms with Crippen LogP contribution in [0.25, 0.3) is 10.8 Å². The van der Waals surface area contributed by atoms with Gasteiger partial charge in [0.2, 0.25) is 0 Å². The second-order valence-electron chi connectivity index (χ2n) is 11.2. The van der Waals surface area contributed by atoms with E-state index >= 15 is 0 Å². The summed E-state index contributed by atoms with van der Waals surface area (Å²) in [5, 5.41) is 2.47. The fourth-order valence-electron chi connectivity index (χ4n) is 5.40. The standard InChI is InChI=1S/C29H41NO3/c1-29(2,3)24-11-14-26(15-12-24)33-27-13-10-22-18-21(8-9-23(22)19-27)20-30(25-6-5-7-25)17-16-28(31)32-4/h8-10,13,18-19,24-26H,5-7,11-12,14-17,20H2,1-4H3. The van der Waals surface area contributed by atoms with Crippen LogP contribution in [-0.2, 0) is 16.1 Å². The molecule has 4 heteroatoms. The molecular weight excluding hydrogens is 410 g/mol. The Morgan fingerprint density at radius 2 is 1.67 bits per heavy atom. The van der Waals surface area contributed by atoms with Crippen LogP contribution in [0.15, 0.2) is 36.4 Å². The summed E-state index contributed by atoms with van der Waals surface area (Å²) in [6, 6.07) is 13.8. The van der Waals surface area contributed by atoms with Crippen LogP contribution in [0.3, 0.4) is 0 Å². The van der Waals surface area contributed by atoms with E-state index in [9.17, 15) is 4.79 Å². The summed E-state index contributed by atoms with van der Waals surface area (Å²) < 4.78 is 11.2. The fourth-order valence-corrected chi connectivity index (χ4v) is 5.40. The van der Waals surface area contributed by atoms with Gasteiger partial charge in [-0.2, -0.15) is 0 Å². The Hall–Kier alpha value is -2.07. The van der Waals surface area contributed by atoms with E-state index in [4.69, 9.17) is 9.47 Å². The third-order valence-corrected chi connectivity index (χ3v) is 7.89. The number of methoxy groups -OCH3 is 1. The monoisotopic (exact) mass is 451 g/mol. The largest absolute Gasteiger partial charge is 0.490 e. The molecule has 0 bridgehead atoms. The van der Waals surface area contributed by atoms with Crippen LogP contribution in [-0.4, -0.2) is 36.7 Å². The highest BCUT2D eigenvalue weighted by Crippen LogP contribution is 2.39. The van der Waals surface area contributed by atoms with Crippen LogP contribution >= 0.6 is 0 Å². The number of hydrogen-bond donors (Lipinski definition) is 0. The van der Waals surface area contributed by atoms with Gasteiger partial charge in [0, 0.05) is 19.1 Å². The third-order valence-electron chi connectivity index (χ3n) is 7.89. The predicted octanol–water partition coefficient (Wildman–Crippen LogP) is 6.74. The van der Waals surface area contributed by atoms with Gasteiger partial charge in [0.15, 0.2) is 0 Å². The number of carbonyl (C=O) groups is 1. The van der Waals surface area contributed by atoms with E-state index in [2.05, 4.69) is 62.1 Å². The highest BCUT2D eigenvalue weighted by Gasteiger charge is 2.30. The predicted molar refractivity (Wildman–Crippen MR) is 134 cm³/mol. The van der Waals surface area contributed by atoms with E-state index in [1.165, 1.54) is 55.5 Å². The highest BCUT2D eigenvalue weighted by molar-refractivity contribution is 5.84. The van der Waals surface area contributed by atoms with E-state index in [0.717, 1.165) is 37.6 Å². The molecule has 2 fully saturated rings. The van der Waals surface area contributed by atoms with Gasteiger partial charge >= 0.3 is 5.97 Å². The molecule has 180 valence electrons. The lowest BCUT2D eigenvalue weighted by Crippen LogP contribution is -2.40. The molecule has 0 aromatic heterocycles. The first kappa shape index (κ1) is 24.1. The van der Waals surface area contributed by atoms with Crippen LogP contribution in [0, 0.1) is 11.3 Å². The quantitative estimate of drug-likeness (QED) is 0.417. The number of hydrogen-bond acceptors (Lipinski definition) is 4. The Kier molecular flexibility index (Phi) is 7.63. The number of benzene rings is 2. The Morgan fingerprint density at radius 1 is 0.970 bits per heavy atom. The average Bonchev–Trinajstić information content (AvgIpc) is 2.76. The Bertz CT molecular complexity index is 936. The van der Waals surface area contributed by atoms with E-state index in [1.54, 1.807) is 0 Å². The van der Waals surface area contributed by atoms with Gasteiger partial charge in [-0.1, -0.05) is 45.4 Å². The first-order chi connectivity index (χ1) is 15.8. The maximum Gasteiger partial charge on any atom is 0.306 e. The number of ether oxygens (including phenoxy) is 2. The summed E-state index contributed by atoms with van der Waals surface area (Å²) in [6.45, 7) is 8.73. The summed E-state index contributed by atoms with van der Waals surface area (Å²) in [4.78, 5) is 14.1. The zero-order valence-electron chi connectivity index (χ0n) is 20.9. The molecule has 0 unspecified atom stereocenters. The van der Waals surface area contributed by atoms with Gasteiger partial charge in [-0.15, -0.1) is 0 Å². The summed E-state index contributed by atoms with van der Waals surface area (Å²) in [5.41, 5.74) is 1.70. The second kappa shape index (κ2) is 10.5. The van der Waals surface area contributed by atoms with Crippen molar-refractivity contribution >= 4 is 16.7 Å². The van der Waals surface area contributed by atoms with E-state index in [1.807, 2.05) is 0 Å². The van der Waals surface area contributed by atoms with Gasteiger partial charge in [-0.3, -0.25) is 9.69 Å². The Morgan fingerprint density at radius 3 is 2.30 bits per heavy atom. The molecule has 4 rings (SSSR count). The average molecular weight is 452 g/mol. The van der Waals surface area contributed by atoms with Gasteiger partial charge in [0.1, 0.15) is 5.75 Å². The Labute approximate surface area is 199 Å². The van der Waals surface area contributed by atoms with Crippen molar-refractivity contribution < 1.29 is 14.3 Å². The van der Waals surface area contributed by atoms with Crippen LogP contribution in [0.2, 0.25) is 0 Å². The zero-order valence-corrected chi connectivity index (χ0v) is 20.9. The van der Waals surface area contributed by atoms with Crippen molar-refractivity contribution in [2.75, 3.05) is 13.7 Å². The number of rotatable bonds is 8. The van der Waals surface area contributed by atoms with Crippen molar-refractivity contribution in [3.05, 3.63) is 42.0 Å². The van der Waals surface area contributed by atoms with E-state index < -0.39 is 0 Å². The number of nitrogens with zero attached hydrogens (tertiary/aromatic N) is 1. The molecule has 2 aliphatic carbocycles. The maximum atomic E-state index is 11.6. The summed E-state index contributed by atoms with van der Waals surface area (Å²) in [5.74, 6) is 1.67. The minimum atomic E-state index is -0.128.